The summed E-state index contributed by atoms with van der Waals surface area (Å²) in [5, 5.41) is 0.450. The van der Waals surface area contributed by atoms with Crippen molar-refractivity contribution in [2.45, 2.75) is 71.8 Å². The third-order valence-electron chi connectivity index (χ3n) is 7.75. The summed E-state index contributed by atoms with van der Waals surface area (Å²) in [7, 11) is -0.570. The van der Waals surface area contributed by atoms with Crippen molar-refractivity contribution >= 4 is 29.6 Å². The van der Waals surface area contributed by atoms with Crippen molar-refractivity contribution in [1.82, 2.24) is 14.9 Å². The van der Waals surface area contributed by atoms with Gasteiger partial charge in [0.25, 0.3) is 5.56 Å². The molecule has 2 aliphatic heterocycles. The van der Waals surface area contributed by atoms with Crippen molar-refractivity contribution < 1.29 is 18.8 Å². The van der Waals surface area contributed by atoms with Crippen LogP contribution in [0.2, 0.25) is 0 Å². The molecule has 2 fully saturated rings. The molecule has 3 heterocycles. The Hall–Kier alpha value is -3.17. The van der Waals surface area contributed by atoms with Gasteiger partial charge in [-0.2, -0.15) is 0 Å². The van der Waals surface area contributed by atoms with Crippen LogP contribution in [0.4, 0.5) is 4.79 Å². The minimum Gasteiger partial charge on any atom is -0.445 e. The predicted octanol–water partition coefficient (Wildman–Crippen LogP) is 4.33. The van der Waals surface area contributed by atoms with Crippen LogP contribution in [0.1, 0.15) is 65.4 Å². The van der Waals surface area contributed by atoms with Gasteiger partial charge < -0.3 is 19.0 Å². The molecule has 0 saturated carbocycles. The van der Waals surface area contributed by atoms with Gasteiger partial charge in [-0.1, -0.05) is 50.2 Å². The van der Waals surface area contributed by atoms with E-state index in [1.807, 2.05) is 70.2 Å². The van der Waals surface area contributed by atoms with E-state index in [9.17, 15) is 9.59 Å². The van der Waals surface area contributed by atoms with Gasteiger partial charge in [-0.15, -0.1) is 0 Å². The average Bonchev–Trinajstić information content (AvgIpc) is 3.28. The van der Waals surface area contributed by atoms with Crippen LogP contribution in [0.3, 0.4) is 0 Å². The molecule has 2 aliphatic rings. The van der Waals surface area contributed by atoms with Crippen LogP contribution in [0.15, 0.2) is 53.3 Å². The lowest BCUT2D eigenvalue weighted by Gasteiger charge is -2.32. The maximum atomic E-state index is 13.2. The summed E-state index contributed by atoms with van der Waals surface area (Å²) in [5.41, 5.74) is 0.872. The number of rotatable bonds is 4. The molecule has 0 spiro atoms. The number of hydrogen-bond donors (Lipinski definition) is 1. The molecule has 0 unspecified atom stereocenters. The van der Waals surface area contributed by atoms with E-state index < -0.39 is 30.5 Å². The molecule has 1 atom stereocenters. The molecule has 3 aromatic rings. The van der Waals surface area contributed by atoms with Crippen molar-refractivity contribution in [2.24, 2.45) is 5.41 Å². The molecule has 1 aromatic heterocycles. The highest BCUT2D eigenvalue weighted by Gasteiger charge is 2.51. The van der Waals surface area contributed by atoms with Gasteiger partial charge in [0.2, 0.25) is 0 Å². The monoisotopic (exact) mass is 503 g/mol. The van der Waals surface area contributed by atoms with Gasteiger partial charge in [0.15, 0.2) is 0 Å². The van der Waals surface area contributed by atoms with Crippen molar-refractivity contribution in [1.29, 1.82) is 0 Å². The summed E-state index contributed by atoms with van der Waals surface area (Å²) < 4.78 is 17.9. The van der Waals surface area contributed by atoms with Gasteiger partial charge >= 0.3 is 13.2 Å². The molecule has 194 valence electrons. The minimum absolute atomic E-state index is 0.148. The Labute approximate surface area is 217 Å². The second-order valence-corrected chi connectivity index (χ2v) is 11.9. The summed E-state index contributed by atoms with van der Waals surface area (Å²) in [4.78, 5) is 35.7. The first-order valence-corrected chi connectivity index (χ1v) is 12.7. The van der Waals surface area contributed by atoms with Gasteiger partial charge in [-0.25, -0.2) is 9.78 Å². The van der Waals surface area contributed by atoms with Crippen LogP contribution in [-0.2, 0) is 20.7 Å². The van der Waals surface area contributed by atoms with Gasteiger partial charge in [0, 0.05) is 6.54 Å². The third-order valence-corrected chi connectivity index (χ3v) is 7.75. The quantitative estimate of drug-likeness (QED) is 0.533. The molecule has 2 saturated heterocycles. The molecule has 8 nitrogen and oxygen atoms in total. The lowest BCUT2D eigenvalue weighted by Crippen LogP contribution is -2.41. The second kappa shape index (κ2) is 8.99. The Morgan fingerprint density at radius 3 is 2.43 bits per heavy atom. The second-order valence-electron chi connectivity index (χ2n) is 11.9. The smallest absolute Gasteiger partial charge is 0.445 e. The van der Waals surface area contributed by atoms with E-state index in [4.69, 9.17) is 19.0 Å². The topological polar surface area (TPSA) is 93.8 Å². The van der Waals surface area contributed by atoms with E-state index in [1.165, 1.54) is 0 Å². The maximum Gasteiger partial charge on any atom is 0.494 e. The van der Waals surface area contributed by atoms with Crippen LogP contribution >= 0.6 is 0 Å². The van der Waals surface area contributed by atoms with Crippen LogP contribution in [0.25, 0.3) is 10.9 Å². The highest BCUT2D eigenvalue weighted by atomic mass is 16.7. The van der Waals surface area contributed by atoms with E-state index in [2.05, 4.69) is 18.8 Å². The number of amides is 1. The number of likely N-dealkylation sites (tertiary alicyclic amines) is 1. The van der Waals surface area contributed by atoms with Crippen molar-refractivity contribution in [3.63, 3.8) is 0 Å². The molecule has 9 heteroatoms. The number of hydrogen-bond acceptors (Lipinski definition) is 6. The Kier molecular flexibility index (Phi) is 6.19. The number of fused-ring (bicyclic) bond motifs is 1. The Morgan fingerprint density at radius 1 is 1.08 bits per heavy atom. The number of aromatic amines is 1. The van der Waals surface area contributed by atoms with Crippen molar-refractivity contribution in [3.8, 4) is 0 Å². The fourth-order valence-corrected chi connectivity index (χ4v) is 4.97. The van der Waals surface area contributed by atoms with Crippen LogP contribution in [-0.4, -0.2) is 45.8 Å². The third kappa shape index (κ3) is 4.90. The number of ether oxygens (including phenoxy) is 1. The number of carbonyl (C=O) groups excluding carboxylic acids is 1. The number of carbonyl (C=O) groups is 1. The molecule has 37 heavy (non-hydrogen) atoms. The summed E-state index contributed by atoms with van der Waals surface area (Å²) in [6.45, 7) is 12.9. The standard InChI is InChI=1S/C28H34BN3O5/c1-26(2)15-22(32(17-26)25(34)35-16-18-10-8-7-9-11-18)23-30-21-13-12-19(14-20(21)24(33)31-23)29-36-27(3,4)28(5,6)37-29/h7-14,22H,15-17H2,1-6H3,(H,30,31,33)/t22-/m0/s1. The number of benzene rings is 2. The normalized spacial score (nSPS) is 21.9. The number of nitrogens with zero attached hydrogens (tertiary/aromatic N) is 2. The minimum atomic E-state index is -0.570. The zero-order valence-electron chi connectivity index (χ0n) is 22.3. The molecule has 0 bridgehead atoms. The summed E-state index contributed by atoms with van der Waals surface area (Å²) in [6, 6.07) is 14.6. The molecule has 1 N–H and O–H groups in total. The maximum absolute atomic E-state index is 13.2. The molecule has 2 aromatic carbocycles. The highest BCUT2D eigenvalue weighted by Crippen LogP contribution is 2.42. The molecule has 5 rings (SSSR count). The first-order valence-electron chi connectivity index (χ1n) is 12.7. The van der Waals surface area contributed by atoms with E-state index >= 15 is 0 Å². The average molecular weight is 503 g/mol. The van der Waals surface area contributed by atoms with E-state index in [0.29, 0.717) is 29.7 Å². The number of H-pyrrole nitrogens is 1. The summed E-state index contributed by atoms with van der Waals surface area (Å²) in [5.74, 6) is 0.461. The van der Waals surface area contributed by atoms with E-state index in [-0.39, 0.29) is 17.6 Å². The lowest BCUT2D eigenvalue weighted by molar-refractivity contribution is 0.00578. The molecule has 0 aliphatic carbocycles. The first kappa shape index (κ1) is 25.5. The van der Waals surface area contributed by atoms with Crippen LogP contribution < -0.4 is 11.0 Å². The number of nitrogens with one attached hydrogen (secondary N) is 1. The van der Waals surface area contributed by atoms with Gasteiger partial charge in [-0.05, 0) is 62.7 Å². The molecular weight excluding hydrogens is 469 g/mol. The summed E-state index contributed by atoms with van der Waals surface area (Å²) >= 11 is 0. The summed E-state index contributed by atoms with van der Waals surface area (Å²) in [6.07, 6.45) is 0.242. The Bertz CT molecular complexity index is 1370. The van der Waals surface area contributed by atoms with E-state index in [1.54, 1.807) is 11.0 Å². The van der Waals surface area contributed by atoms with Crippen LogP contribution in [0.5, 0.6) is 0 Å². The van der Waals surface area contributed by atoms with Crippen LogP contribution in [0, 0.1) is 5.41 Å². The van der Waals surface area contributed by atoms with E-state index in [0.717, 1.165) is 11.0 Å². The molecular formula is C28H34BN3O5. The predicted molar refractivity (Wildman–Crippen MR) is 143 cm³/mol. The largest absolute Gasteiger partial charge is 0.494 e. The zero-order chi connectivity index (χ0) is 26.6. The van der Waals surface area contributed by atoms with Crippen molar-refractivity contribution in [2.75, 3.05) is 6.54 Å². The Morgan fingerprint density at radius 2 is 1.76 bits per heavy atom. The van der Waals surface area contributed by atoms with Crippen molar-refractivity contribution in [3.05, 3.63) is 70.3 Å². The van der Waals surface area contributed by atoms with Gasteiger partial charge in [0.1, 0.15) is 12.4 Å². The molecule has 1 amide bonds. The Balaban J connectivity index is 1.41. The highest BCUT2D eigenvalue weighted by molar-refractivity contribution is 6.62. The van der Waals surface area contributed by atoms with Gasteiger partial charge in [-0.3, -0.25) is 9.69 Å². The number of aromatic nitrogens is 2. The molecule has 0 radical (unpaired) electrons. The fourth-order valence-electron chi connectivity index (χ4n) is 4.97. The lowest BCUT2D eigenvalue weighted by atomic mass is 9.78. The SMILES string of the molecule is CC1(C)C[C@@H](c2nc3ccc(B4OC(C)(C)C(C)(C)O4)cc3c(=O)[nH]2)N(C(=O)OCc2ccccc2)C1. The fraction of sp³-hybridized carbons (Fsp3) is 0.464. The first-order chi connectivity index (χ1) is 17.4. The van der Waals surface area contributed by atoms with Gasteiger partial charge in [0.05, 0.1) is 28.1 Å². The zero-order valence-corrected chi connectivity index (χ0v) is 22.3.